The van der Waals surface area contributed by atoms with Gasteiger partial charge in [-0.15, -0.1) is 0 Å². The quantitative estimate of drug-likeness (QED) is 0.626. The Kier molecular flexibility index (Phi) is 1.09. The molecule has 4 rings (SSSR count). The van der Waals surface area contributed by atoms with E-state index in [1.165, 1.54) is 6.42 Å². The van der Waals surface area contributed by atoms with E-state index in [4.69, 9.17) is 0 Å². The van der Waals surface area contributed by atoms with Crippen LogP contribution in [0.25, 0.3) is 0 Å². The lowest BCUT2D eigenvalue weighted by Crippen LogP contribution is -2.36. The van der Waals surface area contributed by atoms with E-state index in [0.717, 1.165) is 12.8 Å². The van der Waals surface area contributed by atoms with Gasteiger partial charge in [-0.3, -0.25) is 4.79 Å². The zero-order valence-electron chi connectivity index (χ0n) is 8.44. The predicted octanol–water partition coefficient (Wildman–Crippen LogP) is 1.23. The number of carbonyl (C=O) groups excluding carboxylic acids is 1. The van der Waals surface area contributed by atoms with Crippen molar-refractivity contribution in [3.8, 4) is 0 Å². The van der Waals surface area contributed by atoms with Gasteiger partial charge in [-0.2, -0.15) is 0 Å². The zero-order valence-corrected chi connectivity index (χ0v) is 8.44. The maximum absolute atomic E-state index is 11.7. The lowest BCUT2D eigenvalue weighted by molar-refractivity contribution is -0.119. The highest BCUT2D eigenvalue weighted by Crippen LogP contribution is 2.78. The molecule has 7 atom stereocenters. The lowest BCUT2D eigenvalue weighted by Gasteiger charge is -2.35. The van der Waals surface area contributed by atoms with Crippen LogP contribution in [0.1, 0.15) is 26.2 Å². The van der Waals surface area contributed by atoms with Gasteiger partial charge in [0.25, 0.3) is 0 Å². The third-order valence-electron chi connectivity index (χ3n) is 5.92. The van der Waals surface area contributed by atoms with Gasteiger partial charge in [0.1, 0.15) is 5.78 Å². The van der Waals surface area contributed by atoms with Crippen LogP contribution in [0.5, 0.6) is 0 Å². The maximum atomic E-state index is 11.7. The molecule has 0 saturated heterocycles. The van der Waals surface area contributed by atoms with Crippen molar-refractivity contribution in [2.75, 3.05) is 0 Å². The molecule has 0 radical (unpaired) electrons. The van der Waals surface area contributed by atoms with Gasteiger partial charge in [0.05, 0.1) is 6.10 Å². The van der Waals surface area contributed by atoms with Crippen LogP contribution in [0, 0.1) is 35.0 Å². The smallest absolute Gasteiger partial charge is 0.136 e. The SMILES string of the molecule is C[C@@]12C(O)CC[C@@H]1[C@@H]1[C@@H]3C(=O)C[C@@H]2[C@H]31. The lowest BCUT2D eigenvalue weighted by atomic mass is 9.71. The van der Waals surface area contributed by atoms with Crippen molar-refractivity contribution in [2.45, 2.75) is 32.3 Å². The standard InChI is InChI=1S/C12H16O2/c1-12-5(2-3-8(12)14)9-10-6(12)4-7(13)11(9)10/h5-6,8-11,14H,2-4H2,1H3/t5-,6-,8?,9+,10+,11+,12-/m1/s1. The van der Waals surface area contributed by atoms with Crippen LogP contribution in [0.3, 0.4) is 0 Å². The molecule has 0 aromatic rings. The molecule has 0 amide bonds. The van der Waals surface area contributed by atoms with Crippen LogP contribution in [-0.2, 0) is 4.79 Å². The fourth-order valence-corrected chi connectivity index (χ4v) is 5.28. The molecule has 0 spiro atoms. The molecule has 0 aromatic carbocycles. The third-order valence-corrected chi connectivity index (χ3v) is 5.92. The Balaban J connectivity index is 1.83. The van der Waals surface area contributed by atoms with E-state index in [0.29, 0.717) is 35.4 Å². The largest absolute Gasteiger partial charge is 0.393 e. The number of fused-ring (bicyclic) bond motifs is 4. The summed E-state index contributed by atoms with van der Waals surface area (Å²) in [4.78, 5) is 11.7. The van der Waals surface area contributed by atoms with Crippen molar-refractivity contribution in [1.29, 1.82) is 0 Å². The van der Waals surface area contributed by atoms with E-state index in [9.17, 15) is 9.90 Å². The Bertz CT molecular complexity index is 337. The van der Waals surface area contributed by atoms with Gasteiger partial charge in [0.2, 0.25) is 0 Å². The molecule has 4 fully saturated rings. The minimum absolute atomic E-state index is 0.109. The summed E-state index contributed by atoms with van der Waals surface area (Å²) in [5, 5.41) is 10.1. The molecular weight excluding hydrogens is 176 g/mol. The first-order valence-electron chi connectivity index (χ1n) is 5.86. The van der Waals surface area contributed by atoms with Crippen molar-refractivity contribution >= 4 is 5.78 Å². The second-order valence-corrected chi connectivity index (χ2v) is 6.02. The molecule has 14 heavy (non-hydrogen) atoms. The Morgan fingerprint density at radius 3 is 2.79 bits per heavy atom. The Labute approximate surface area is 83.7 Å². The summed E-state index contributed by atoms with van der Waals surface area (Å²) >= 11 is 0. The summed E-state index contributed by atoms with van der Waals surface area (Å²) in [7, 11) is 0. The molecule has 4 saturated carbocycles. The van der Waals surface area contributed by atoms with Crippen LogP contribution in [0.4, 0.5) is 0 Å². The van der Waals surface area contributed by atoms with Gasteiger partial charge >= 0.3 is 0 Å². The van der Waals surface area contributed by atoms with Crippen LogP contribution < -0.4 is 0 Å². The van der Waals surface area contributed by atoms with Crippen LogP contribution >= 0.6 is 0 Å². The molecular formula is C12H16O2. The number of hydrogen-bond acceptors (Lipinski definition) is 2. The number of rotatable bonds is 0. The predicted molar refractivity (Wildman–Crippen MR) is 50.4 cm³/mol. The average Bonchev–Trinajstić information content (AvgIpc) is 2.59. The van der Waals surface area contributed by atoms with Gasteiger partial charge in [0.15, 0.2) is 0 Å². The van der Waals surface area contributed by atoms with Gasteiger partial charge in [-0.25, -0.2) is 0 Å². The maximum Gasteiger partial charge on any atom is 0.136 e. The van der Waals surface area contributed by atoms with E-state index in [1.807, 2.05) is 0 Å². The summed E-state index contributed by atoms with van der Waals surface area (Å²) < 4.78 is 0. The number of aliphatic hydroxyl groups is 1. The monoisotopic (exact) mass is 192 g/mol. The fourth-order valence-electron chi connectivity index (χ4n) is 5.28. The van der Waals surface area contributed by atoms with E-state index in [-0.39, 0.29) is 11.5 Å². The molecule has 2 heteroatoms. The summed E-state index contributed by atoms with van der Waals surface area (Å²) in [6.07, 6.45) is 2.79. The van der Waals surface area contributed by atoms with Crippen molar-refractivity contribution in [3.63, 3.8) is 0 Å². The number of aliphatic hydroxyl groups excluding tert-OH is 1. The molecule has 4 aliphatic rings. The second-order valence-electron chi connectivity index (χ2n) is 6.02. The molecule has 76 valence electrons. The first kappa shape index (κ1) is 7.86. The van der Waals surface area contributed by atoms with E-state index in [1.54, 1.807) is 0 Å². The number of Topliss-reactive ketones (excluding diaryl/α,β-unsaturated/α-hetero) is 1. The van der Waals surface area contributed by atoms with Gasteiger partial charge in [-0.1, -0.05) is 6.92 Å². The highest BCUT2D eigenvalue weighted by atomic mass is 16.3. The number of carbonyl (C=O) groups is 1. The summed E-state index contributed by atoms with van der Waals surface area (Å²) in [6.45, 7) is 2.24. The Morgan fingerprint density at radius 2 is 2.00 bits per heavy atom. The van der Waals surface area contributed by atoms with E-state index >= 15 is 0 Å². The van der Waals surface area contributed by atoms with Crippen LogP contribution in [0.15, 0.2) is 0 Å². The van der Waals surface area contributed by atoms with Crippen LogP contribution in [-0.4, -0.2) is 17.0 Å². The first-order chi connectivity index (χ1) is 6.65. The van der Waals surface area contributed by atoms with Crippen LogP contribution in [0.2, 0.25) is 0 Å². The topological polar surface area (TPSA) is 37.3 Å². The van der Waals surface area contributed by atoms with Crippen molar-refractivity contribution in [1.82, 2.24) is 0 Å². The minimum Gasteiger partial charge on any atom is -0.393 e. The second kappa shape index (κ2) is 1.95. The molecule has 2 nitrogen and oxygen atoms in total. The summed E-state index contributed by atoms with van der Waals surface area (Å²) in [5.41, 5.74) is 0.109. The molecule has 1 N–H and O–H groups in total. The molecule has 1 unspecified atom stereocenters. The molecule has 0 heterocycles. The van der Waals surface area contributed by atoms with Gasteiger partial charge < -0.3 is 5.11 Å². The summed E-state index contributed by atoms with van der Waals surface area (Å²) in [5.74, 6) is 3.52. The molecule has 0 bridgehead atoms. The fraction of sp³-hybridized carbons (Fsp3) is 0.917. The van der Waals surface area contributed by atoms with Gasteiger partial charge in [-0.05, 0) is 36.5 Å². The highest BCUT2D eigenvalue weighted by molar-refractivity contribution is 5.88. The Hall–Kier alpha value is -0.370. The first-order valence-corrected chi connectivity index (χ1v) is 5.86. The van der Waals surface area contributed by atoms with E-state index < -0.39 is 0 Å². The third kappa shape index (κ3) is 0.556. The molecule has 0 aliphatic heterocycles. The normalized spacial score (nSPS) is 68.3. The van der Waals surface area contributed by atoms with Gasteiger partial charge in [0, 0.05) is 17.8 Å². The van der Waals surface area contributed by atoms with Crippen molar-refractivity contribution in [3.05, 3.63) is 0 Å². The van der Waals surface area contributed by atoms with Crippen molar-refractivity contribution < 1.29 is 9.90 Å². The van der Waals surface area contributed by atoms with E-state index in [2.05, 4.69) is 6.92 Å². The number of hydrogen-bond donors (Lipinski definition) is 1. The summed E-state index contributed by atoms with van der Waals surface area (Å²) in [6, 6.07) is 0. The molecule has 0 aromatic heterocycles. The average molecular weight is 192 g/mol. The van der Waals surface area contributed by atoms with Crippen molar-refractivity contribution in [2.24, 2.45) is 35.0 Å². The Morgan fingerprint density at radius 1 is 1.29 bits per heavy atom. The minimum atomic E-state index is -0.128. The number of ketones is 1. The highest BCUT2D eigenvalue weighted by Gasteiger charge is 2.78. The zero-order chi connectivity index (χ0) is 9.66. The molecule has 4 aliphatic carbocycles.